The molecule has 2 amide bonds. The number of aliphatic carboxylic acids is 1. The van der Waals surface area contributed by atoms with Crippen LogP contribution in [-0.4, -0.2) is 64.9 Å². The summed E-state index contributed by atoms with van der Waals surface area (Å²) in [6, 6.07) is -1.14. The van der Waals surface area contributed by atoms with E-state index in [2.05, 4.69) is 31.1 Å². The van der Waals surface area contributed by atoms with Gasteiger partial charge in [0.05, 0.1) is 6.20 Å². The monoisotopic (exact) mass is 486 g/mol. The highest BCUT2D eigenvalue weighted by molar-refractivity contribution is 7.91. The van der Waals surface area contributed by atoms with E-state index in [1.807, 2.05) is 4.90 Å². The molecule has 3 rings (SSSR count). The van der Waals surface area contributed by atoms with E-state index < -0.39 is 22.0 Å². The third-order valence-electron chi connectivity index (χ3n) is 6.38. The van der Waals surface area contributed by atoms with Gasteiger partial charge < -0.3 is 10.0 Å². The summed E-state index contributed by atoms with van der Waals surface area (Å²) in [6.45, 7) is 7.30. The maximum atomic E-state index is 13.1. The topological polar surface area (TPSA) is 120 Å². The molecule has 2 heterocycles. The van der Waals surface area contributed by atoms with Gasteiger partial charge in [-0.2, -0.15) is 4.31 Å². The van der Waals surface area contributed by atoms with Gasteiger partial charge in [0.25, 0.3) is 10.0 Å². The van der Waals surface area contributed by atoms with Crippen LogP contribution in [0, 0.1) is 11.8 Å². The number of rotatable bonds is 8. The minimum absolute atomic E-state index is 0.0545. The number of carbonyl (C=O) groups excluding carboxylic acids is 1. The zero-order valence-electron chi connectivity index (χ0n) is 19.0. The number of nitrogens with zero attached hydrogens (tertiary/aromatic N) is 3. The first-order valence-electron chi connectivity index (χ1n) is 11.4. The van der Waals surface area contributed by atoms with Gasteiger partial charge in [-0.25, -0.2) is 18.2 Å². The van der Waals surface area contributed by atoms with Crippen LogP contribution in [-0.2, 0) is 14.8 Å². The summed E-state index contributed by atoms with van der Waals surface area (Å²) in [5.41, 5.74) is 0. The quantitative estimate of drug-likeness (QED) is 0.576. The zero-order valence-corrected chi connectivity index (χ0v) is 20.6. The Morgan fingerprint density at radius 3 is 2.59 bits per heavy atom. The van der Waals surface area contributed by atoms with Gasteiger partial charge in [0, 0.05) is 19.1 Å². The van der Waals surface area contributed by atoms with Gasteiger partial charge in [0.2, 0.25) is 0 Å². The van der Waals surface area contributed by atoms with Gasteiger partial charge in [-0.15, -0.1) is 0 Å². The van der Waals surface area contributed by atoms with Crippen LogP contribution in [0.15, 0.2) is 10.4 Å². The predicted octanol–water partition coefficient (Wildman–Crippen LogP) is 3.84. The lowest BCUT2D eigenvalue weighted by molar-refractivity contribution is -0.140. The second-order valence-corrected chi connectivity index (χ2v) is 12.5. The molecule has 0 spiro atoms. The van der Waals surface area contributed by atoms with Crippen LogP contribution < -0.4 is 5.32 Å². The number of hydrogen-bond acceptors (Lipinski definition) is 6. The highest BCUT2D eigenvalue weighted by atomic mass is 32.2. The SMILES string of the molecule is CC(C)CCN(C(=O)Nc1ncc(S(=O)(=O)N2CCC[C@H]2C(=O)O)s1)C1CCC(C)CC1. The first kappa shape index (κ1) is 24.9. The minimum atomic E-state index is -3.97. The third-order valence-corrected chi connectivity index (χ3v) is 9.64. The third kappa shape index (κ3) is 5.79. The van der Waals surface area contributed by atoms with Crippen LogP contribution in [0.2, 0.25) is 0 Å². The Labute approximate surface area is 194 Å². The van der Waals surface area contributed by atoms with E-state index in [0.29, 0.717) is 31.2 Å². The first-order valence-corrected chi connectivity index (χ1v) is 13.6. The molecule has 1 aromatic heterocycles. The van der Waals surface area contributed by atoms with Crippen molar-refractivity contribution in [2.24, 2.45) is 11.8 Å². The Morgan fingerprint density at radius 1 is 1.28 bits per heavy atom. The number of sulfonamides is 1. The number of nitrogens with one attached hydrogen (secondary N) is 1. The highest BCUT2D eigenvalue weighted by Crippen LogP contribution is 2.32. The van der Waals surface area contributed by atoms with Gasteiger partial charge in [0.1, 0.15) is 6.04 Å². The van der Waals surface area contributed by atoms with E-state index in [9.17, 15) is 23.1 Å². The molecule has 9 nitrogen and oxygen atoms in total. The molecule has 1 aliphatic heterocycles. The molecule has 1 aromatic rings. The number of amides is 2. The fourth-order valence-electron chi connectivity index (χ4n) is 4.39. The van der Waals surface area contributed by atoms with Crippen molar-refractivity contribution in [3.05, 3.63) is 6.20 Å². The fourth-order valence-corrected chi connectivity index (χ4v) is 7.19. The summed E-state index contributed by atoms with van der Waals surface area (Å²) in [5.74, 6) is -0.00743. The standard InChI is InChI=1S/C21H34N4O5S2/c1-14(2)10-12-24(16-8-6-15(3)7-9-16)21(28)23-20-22-13-18(31-20)32(29,30)25-11-4-5-17(25)19(26)27/h13-17H,4-12H2,1-3H3,(H,26,27)(H,22,23,28)/t15?,16?,17-/m0/s1. The minimum Gasteiger partial charge on any atom is -0.480 e. The van der Waals surface area contributed by atoms with Crippen LogP contribution in [0.1, 0.15) is 65.7 Å². The van der Waals surface area contributed by atoms with Crippen molar-refractivity contribution in [3.63, 3.8) is 0 Å². The van der Waals surface area contributed by atoms with Gasteiger partial charge >= 0.3 is 12.0 Å². The van der Waals surface area contributed by atoms with Gasteiger partial charge in [-0.3, -0.25) is 10.1 Å². The Morgan fingerprint density at radius 2 is 1.97 bits per heavy atom. The summed E-state index contributed by atoms with van der Waals surface area (Å²) >= 11 is 0.865. The summed E-state index contributed by atoms with van der Waals surface area (Å²) in [5, 5.41) is 12.3. The molecule has 2 fully saturated rings. The molecule has 0 unspecified atom stereocenters. The molecule has 1 saturated carbocycles. The summed E-state index contributed by atoms with van der Waals surface area (Å²) in [6.07, 6.45) is 7.01. The number of urea groups is 1. The average Bonchev–Trinajstić information content (AvgIpc) is 3.39. The first-order chi connectivity index (χ1) is 15.1. The molecule has 1 saturated heterocycles. The van der Waals surface area contributed by atoms with E-state index in [0.717, 1.165) is 47.7 Å². The molecule has 11 heteroatoms. The number of carboxylic acid groups (broad SMARTS) is 1. The van der Waals surface area contributed by atoms with Crippen molar-refractivity contribution >= 4 is 38.5 Å². The van der Waals surface area contributed by atoms with Crippen LogP contribution >= 0.6 is 11.3 Å². The molecule has 0 bridgehead atoms. The van der Waals surface area contributed by atoms with Gasteiger partial charge in [0.15, 0.2) is 9.34 Å². The molecule has 32 heavy (non-hydrogen) atoms. The predicted molar refractivity (Wildman–Crippen MR) is 123 cm³/mol. The smallest absolute Gasteiger partial charge is 0.323 e. The lowest BCUT2D eigenvalue weighted by Gasteiger charge is -2.36. The average molecular weight is 487 g/mol. The van der Waals surface area contributed by atoms with Gasteiger partial charge in [-0.05, 0) is 56.8 Å². The number of anilines is 1. The van der Waals surface area contributed by atoms with E-state index >= 15 is 0 Å². The molecule has 2 N–H and O–H groups in total. The molecule has 0 aromatic carbocycles. The zero-order chi connectivity index (χ0) is 23.5. The largest absolute Gasteiger partial charge is 0.480 e. The number of carboxylic acids is 1. The Bertz CT molecular complexity index is 909. The van der Waals surface area contributed by atoms with Gasteiger partial charge in [-0.1, -0.05) is 32.1 Å². The van der Waals surface area contributed by atoms with Crippen molar-refractivity contribution < 1.29 is 23.1 Å². The normalized spacial score (nSPS) is 24.6. The van der Waals surface area contributed by atoms with Crippen LogP contribution in [0.3, 0.4) is 0 Å². The Kier molecular flexibility index (Phi) is 8.16. The maximum absolute atomic E-state index is 13.1. The molecule has 1 aliphatic carbocycles. The highest BCUT2D eigenvalue weighted by Gasteiger charge is 2.40. The van der Waals surface area contributed by atoms with E-state index in [-0.39, 0.29) is 28.0 Å². The van der Waals surface area contributed by atoms with Crippen LogP contribution in [0.25, 0.3) is 0 Å². The van der Waals surface area contributed by atoms with Crippen molar-refractivity contribution in [1.29, 1.82) is 0 Å². The second kappa shape index (κ2) is 10.5. The number of thiazole rings is 1. The second-order valence-electron chi connectivity index (χ2n) is 9.32. The number of hydrogen-bond donors (Lipinski definition) is 2. The maximum Gasteiger partial charge on any atom is 0.323 e. The van der Waals surface area contributed by atoms with E-state index in [4.69, 9.17) is 0 Å². The molecular formula is C21H34N4O5S2. The Balaban J connectivity index is 1.71. The summed E-state index contributed by atoms with van der Waals surface area (Å²) < 4.78 is 26.9. The van der Waals surface area contributed by atoms with E-state index in [1.165, 1.54) is 6.20 Å². The van der Waals surface area contributed by atoms with Crippen molar-refractivity contribution in [2.75, 3.05) is 18.4 Å². The summed E-state index contributed by atoms with van der Waals surface area (Å²) in [7, 11) is -3.97. The van der Waals surface area contributed by atoms with Crippen molar-refractivity contribution in [1.82, 2.24) is 14.2 Å². The molecule has 1 atom stereocenters. The van der Waals surface area contributed by atoms with Crippen LogP contribution in [0.5, 0.6) is 0 Å². The van der Waals surface area contributed by atoms with Crippen molar-refractivity contribution in [3.8, 4) is 0 Å². The lowest BCUT2D eigenvalue weighted by Crippen LogP contribution is -2.45. The lowest BCUT2D eigenvalue weighted by atomic mass is 9.86. The molecule has 180 valence electrons. The molecular weight excluding hydrogens is 452 g/mol. The van der Waals surface area contributed by atoms with E-state index in [1.54, 1.807) is 0 Å². The fraction of sp³-hybridized carbons (Fsp3) is 0.762. The summed E-state index contributed by atoms with van der Waals surface area (Å²) in [4.78, 5) is 30.5. The van der Waals surface area contributed by atoms with Crippen molar-refractivity contribution in [2.45, 2.75) is 82.0 Å². The van der Waals surface area contributed by atoms with Crippen LogP contribution in [0.4, 0.5) is 9.93 Å². The Hall–Kier alpha value is -1.72. The molecule has 0 radical (unpaired) electrons. The number of carbonyl (C=O) groups is 2. The number of aromatic nitrogens is 1. The molecule has 2 aliphatic rings.